The lowest BCUT2D eigenvalue weighted by Gasteiger charge is -2.18. The van der Waals surface area contributed by atoms with E-state index in [2.05, 4.69) is 39.8 Å². The molecule has 0 saturated carbocycles. The smallest absolute Gasteiger partial charge is 0.122 e. The minimum atomic E-state index is 0.465. The van der Waals surface area contributed by atoms with Crippen LogP contribution in [-0.2, 0) is 19.4 Å². The Morgan fingerprint density at radius 3 is 1.88 bits per heavy atom. The second-order valence-electron chi connectivity index (χ2n) is 7.30. The molecule has 0 saturated heterocycles. The van der Waals surface area contributed by atoms with Gasteiger partial charge in [0.25, 0.3) is 0 Å². The van der Waals surface area contributed by atoms with E-state index >= 15 is 0 Å². The minimum Gasteiger partial charge on any atom is -0.507 e. The number of hydrogen-bond acceptors (Lipinski definition) is 2. The fourth-order valence-electron chi connectivity index (χ4n) is 2.90. The Balaban J connectivity index is 2.24. The van der Waals surface area contributed by atoms with Crippen molar-refractivity contribution in [3.63, 3.8) is 0 Å². The largest absolute Gasteiger partial charge is 0.507 e. The van der Waals surface area contributed by atoms with Gasteiger partial charge in [0, 0.05) is 0 Å². The van der Waals surface area contributed by atoms with Crippen molar-refractivity contribution in [2.45, 2.75) is 60.0 Å². The summed E-state index contributed by atoms with van der Waals surface area (Å²) in [6.07, 6.45) is 3.99. The first-order chi connectivity index (χ1) is 12.0. The van der Waals surface area contributed by atoms with Crippen molar-refractivity contribution in [2.24, 2.45) is 11.8 Å². The average molecular weight is 341 g/mol. The molecule has 2 unspecified atom stereocenters. The van der Waals surface area contributed by atoms with Crippen molar-refractivity contribution in [2.75, 3.05) is 0 Å². The predicted octanol–water partition coefficient (Wildman–Crippen LogP) is 6.15. The van der Waals surface area contributed by atoms with Crippen LogP contribution in [-0.4, -0.2) is 5.11 Å². The molecule has 0 heterocycles. The minimum absolute atomic E-state index is 0.465. The number of phenols is 1. The van der Waals surface area contributed by atoms with E-state index in [0.29, 0.717) is 24.2 Å². The Labute approximate surface area is 152 Å². The number of phenolic OH excluding ortho intramolecular Hbond substituents is 1. The molecule has 0 spiro atoms. The molecule has 2 aromatic rings. The molecular weight excluding hydrogens is 308 g/mol. The van der Waals surface area contributed by atoms with Gasteiger partial charge in [-0.1, -0.05) is 70.9 Å². The molecule has 1 N–H and O–H groups in total. The molecule has 0 fully saturated rings. The quantitative estimate of drug-likeness (QED) is 0.593. The summed E-state index contributed by atoms with van der Waals surface area (Å²) in [7, 11) is 0. The van der Waals surface area contributed by atoms with Gasteiger partial charge in [-0.2, -0.15) is 0 Å². The molecule has 0 radical (unpaired) electrons. The van der Waals surface area contributed by atoms with Crippen LogP contribution in [0.1, 0.15) is 57.2 Å². The molecule has 2 nitrogen and oxygen atoms in total. The second kappa shape index (κ2) is 9.50. The lowest BCUT2D eigenvalue weighted by Crippen LogP contribution is -2.04. The molecule has 0 aliphatic rings. The molecule has 0 bridgehead atoms. The van der Waals surface area contributed by atoms with E-state index in [1.165, 1.54) is 0 Å². The maximum absolute atomic E-state index is 10.7. The lowest BCUT2D eigenvalue weighted by atomic mass is 9.92. The number of ether oxygens (including phenoxy) is 1. The van der Waals surface area contributed by atoms with Crippen LogP contribution in [0.3, 0.4) is 0 Å². The van der Waals surface area contributed by atoms with Gasteiger partial charge in [-0.3, -0.25) is 0 Å². The lowest BCUT2D eigenvalue weighted by molar-refractivity contribution is 0.304. The second-order valence-corrected chi connectivity index (χ2v) is 7.30. The molecule has 0 amide bonds. The first-order valence-corrected chi connectivity index (χ1v) is 9.54. The molecular formula is C23H32O2. The van der Waals surface area contributed by atoms with Gasteiger partial charge in [0.05, 0.1) is 0 Å². The first kappa shape index (κ1) is 19.4. The van der Waals surface area contributed by atoms with E-state index in [9.17, 15) is 5.11 Å². The summed E-state index contributed by atoms with van der Waals surface area (Å²) in [6, 6.07) is 14.2. The number of hydrogen-bond donors (Lipinski definition) is 1. The summed E-state index contributed by atoms with van der Waals surface area (Å²) < 4.78 is 6.05. The Hall–Kier alpha value is -1.96. The number of benzene rings is 2. The number of rotatable bonds is 9. The van der Waals surface area contributed by atoms with Crippen molar-refractivity contribution in [1.82, 2.24) is 0 Å². The highest BCUT2D eigenvalue weighted by Crippen LogP contribution is 2.33. The number of aromatic hydroxyl groups is 1. The molecule has 25 heavy (non-hydrogen) atoms. The molecule has 0 aliphatic heterocycles. The normalized spacial score (nSPS) is 13.4. The van der Waals surface area contributed by atoms with Crippen LogP contribution in [0.25, 0.3) is 0 Å². The Kier molecular flexibility index (Phi) is 7.36. The molecule has 2 aromatic carbocycles. The van der Waals surface area contributed by atoms with Gasteiger partial charge in [0.2, 0.25) is 0 Å². The maximum Gasteiger partial charge on any atom is 0.122 e. The van der Waals surface area contributed by atoms with E-state index in [4.69, 9.17) is 4.74 Å². The van der Waals surface area contributed by atoms with Crippen LogP contribution in [0.4, 0.5) is 0 Å². The molecule has 2 atom stereocenters. The van der Waals surface area contributed by atoms with E-state index in [1.807, 2.05) is 30.3 Å². The summed E-state index contributed by atoms with van der Waals surface area (Å²) in [5.41, 5.74) is 3.18. The summed E-state index contributed by atoms with van der Waals surface area (Å²) in [5.74, 6) is 2.42. The molecule has 2 heteroatoms. The zero-order valence-corrected chi connectivity index (χ0v) is 16.1. The van der Waals surface area contributed by atoms with Gasteiger partial charge in [-0.05, 0) is 53.5 Å². The Morgan fingerprint density at radius 1 is 0.880 bits per heavy atom. The summed E-state index contributed by atoms with van der Waals surface area (Å²) in [5, 5.41) is 10.7. The van der Waals surface area contributed by atoms with E-state index < -0.39 is 0 Å². The van der Waals surface area contributed by atoms with Gasteiger partial charge in [0.1, 0.15) is 18.1 Å². The van der Waals surface area contributed by atoms with Gasteiger partial charge in [-0.15, -0.1) is 0 Å². The van der Waals surface area contributed by atoms with Crippen LogP contribution in [0, 0.1) is 11.8 Å². The van der Waals surface area contributed by atoms with Gasteiger partial charge >= 0.3 is 0 Å². The van der Waals surface area contributed by atoms with Crippen LogP contribution >= 0.6 is 0 Å². The highest BCUT2D eigenvalue weighted by atomic mass is 16.5. The maximum atomic E-state index is 10.7. The first-order valence-electron chi connectivity index (χ1n) is 9.54. The molecule has 136 valence electrons. The zero-order valence-electron chi connectivity index (χ0n) is 16.1. The third-order valence-electron chi connectivity index (χ3n) is 5.02. The zero-order chi connectivity index (χ0) is 18.2. The third-order valence-corrected chi connectivity index (χ3v) is 5.02. The van der Waals surface area contributed by atoms with Crippen molar-refractivity contribution in [3.05, 3.63) is 59.2 Å². The third kappa shape index (κ3) is 5.81. The summed E-state index contributed by atoms with van der Waals surface area (Å²) in [4.78, 5) is 0. The van der Waals surface area contributed by atoms with Crippen molar-refractivity contribution in [1.29, 1.82) is 0 Å². The fourth-order valence-corrected chi connectivity index (χ4v) is 2.90. The van der Waals surface area contributed by atoms with Gasteiger partial charge < -0.3 is 9.84 Å². The van der Waals surface area contributed by atoms with E-state index in [1.54, 1.807) is 0 Å². The fraction of sp³-hybridized carbons (Fsp3) is 0.478. The monoisotopic (exact) mass is 340 g/mol. The van der Waals surface area contributed by atoms with E-state index in [0.717, 1.165) is 48.1 Å². The van der Waals surface area contributed by atoms with Crippen LogP contribution in [0.2, 0.25) is 0 Å². The highest BCUT2D eigenvalue weighted by Gasteiger charge is 2.15. The van der Waals surface area contributed by atoms with Crippen LogP contribution in [0.5, 0.6) is 11.5 Å². The topological polar surface area (TPSA) is 29.5 Å². The van der Waals surface area contributed by atoms with Gasteiger partial charge in [0.15, 0.2) is 0 Å². The molecule has 2 rings (SSSR count). The highest BCUT2D eigenvalue weighted by molar-refractivity contribution is 5.47. The van der Waals surface area contributed by atoms with Crippen molar-refractivity contribution < 1.29 is 9.84 Å². The predicted molar refractivity (Wildman–Crippen MR) is 105 cm³/mol. The van der Waals surface area contributed by atoms with Gasteiger partial charge in [-0.25, -0.2) is 0 Å². The van der Waals surface area contributed by atoms with Crippen LogP contribution < -0.4 is 4.74 Å². The Morgan fingerprint density at radius 2 is 1.40 bits per heavy atom. The van der Waals surface area contributed by atoms with E-state index in [-0.39, 0.29) is 0 Å². The SMILES string of the molecule is CCC(C)Cc1cc(OCc2ccccc2)cc(CC(C)CC)c1O. The molecule has 0 aromatic heterocycles. The average Bonchev–Trinajstić information content (AvgIpc) is 2.64. The van der Waals surface area contributed by atoms with Crippen molar-refractivity contribution in [3.8, 4) is 11.5 Å². The van der Waals surface area contributed by atoms with Crippen molar-refractivity contribution >= 4 is 0 Å². The Bertz CT molecular complexity index is 615. The summed E-state index contributed by atoms with van der Waals surface area (Å²) >= 11 is 0. The molecule has 0 aliphatic carbocycles. The summed E-state index contributed by atoms with van der Waals surface area (Å²) in [6.45, 7) is 9.39. The van der Waals surface area contributed by atoms with Crippen LogP contribution in [0.15, 0.2) is 42.5 Å². The standard InChI is InChI=1S/C23H32O2/c1-5-17(3)12-20-14-22(25-16-19-10-8-7-9-11-19)15-21(23(20)24)13-18(4)6-2/h7-11,14-15,17-18,24H,5-6,12-13,16H2,1-4H3.